The second-order valence-corrected chi connectivity index (χ2v) is 6.84. The fourth-order valence-electron chi connectivity index (χ4n) is 1.93. The average molecular weight is 392 g/mol. The van der Waals surface area contributed by atoms with Crippen LogP contribution < -0.4 is 5.32 Å². The molecule has 2 aromatic rings. The van der Waals surface area contributed by atoms with Gasteiger partial charge in [0.15, 0.2) is 0 Å². The van der Waals surface area contributed by atoms with Gasteiger partial charge in [0.1, 0.15) is 0 Å². The third kappa shape index (κ3) is 3.07. The first-order valence-electron chi connectivity index (χ1n) is 5.86. The van der Waals surface area contributed by atoms with E-state index >= 15 is 0 Å². The van der Waals surface area contributed by atoms with E-state index in [1.54, 1.807) is 0 Å². The molecule has 1 nitrogen and oxygen atoms in total. The molecule has 1 N–H and O–H groups in total. The van der Waals surface area contributed by atoms with Crippen LogP contribution in [0.5, 0.6) is 0 Å². The molecule has 0 spiro atoms. The Labute approximate surface area is 131 Å². The Morgan fingerprint density at radius 3 is 2.72 bits per heavy atom. The highest BCUT2D eigenvalue weighted by Gasteiger charge is 2.17. The second kappa shape index (κ2) is 6.37. The molecule has 0 radical (unpaired) electrons. The van der Waals surface area contributed by atoms with Crippen LogP contribution in [0, 0.1) is 3.57 Å². The first-order chi connectivity index (χ1) is 8.65. The van der Waals surface area contributed by atoms with Crippen molar-refractivity contribution in [1.82, 2.24) is 5.32 Å². The van der Waals surface area contributed by atoms with Crippen molar-refractivity contribution in [2.75, 3.05) is 7.05 Å². The first kappa shape index (κ1) is 14.3. The van der Waals surface area contributed by atoms with Crippen molar-refractivity contribution in [3.63, 3.8) is 0 Å². The molecule has 0 aliphatic carbocycles. The van der Waals surface area contributed by atoms with Crippen LogP contribution in [0.3, 0.4) is 0 Å². The maximum atomic E-state index is 6.11. The Hall–Kier alpha value is -0.100. The van der Waals surface area contributed by atoms with Gasteiger partial charge >= 0.3 is 0 Å². The van der Waals surface area contributed by atoms with Gasteiger partial charge in [0, 0.05) is 18.3 Å². The minimum Gasteiger partial charge on any atom is -0.309 e. The number of rotatable bonds is 4. The lowest BCUT2D eigenvalue weighted by Crippen LogP contribution is -2.17. The monoisotopic (exact) mass is 391 g/mol. The van der Waals surface area contributed by atoms with Crippen LogP contribution in [-0.2, 0) is 6.42 Å². The van der Waals surface area contributed by atoms with Crippen molar-refractivity contribution >= 4 is 45.5 Å². The van der Waals surface area contributed by atoms with Gasteiger partial charge in [0.05, 0.1) is 6.04 Å². The molecular formula is C14H15ClINS. The lowest BCUT2D eigenvalue weighted by molar-refractivity contribution is 0.700. The van der Waals surface area contributed by atoms with E-state index in [0.29, 0.717) is 0 Å². The summed E-state index contributed by atoms with van der Waals surface area (Å²) in [4.78, 5) is 2.76. The number of halogens is 2. The summed E-state index contributed by atoms with van der Waals surface area (Å²) in [6.07, 6.45) is 1.09. The van der Waals surface area contributed by atoms with Crippen LogP contribution in [-0.4, -0.2) is 7.05 Å². The van der Waals surface area contributed by atoms with Gasteiger partial charge in [-0.15, -0.1) is 11.3 Å². The summed E-state index contributed by atoms with van der Waals surface area (Å²) in [6.45, 7) is 2.19. The lowest BCUT2D eigenvalue weighted by Gasteiger charge is -2.17. The summed E-state index contributed by atoms with van der Waals surface area (Å²) in [5.74, 6) is 0. The van der Waals surface area contributed by atoms with Crippen LogP contribution >= 0.6 is 45.5 Å². The molecular weight excluding hydrogens is 377 g/mol. The first-order valence-corrected chi connectivity index (χ1v) is 8.13. The fourth-order valence-corrected chi connectivity index (χ4v) is 3.84. The third-order valence-corrected chi connectivity index (χ3v) is 5.39. The summed E-state index contributed by atoms with van der Waals surface area (Å²) >= 11 is 10.3. The highest BCUT2D eigenvalue weighted by molar-refractivity contribution is 14.1. The second-order valence-electron chi connectivity index (χ2n) is 4.05. The minimum absolute atomic E-state index is 0.223. The molecule has 1 aromatic carbocycles. The molecule has 2 rings (SSSR count). The van der Waals surface area contributed by atoms with Crippen molar-refractivity contribution < 1.29 is 0 Å². The summed E-state index contributed by atoms with van der Waals surface area (Å²) < 4.78 is 1.24. The normalized spacial score (nSPS) is 12.7. The van der Waals surface area contributed by atoms with E-state index in [2.05, 4.69) is 59.1 Å². The Balaban J connectivity index is 2.41. The highest BCUT2D eigenvalue weighted by Crippen LogP contribution is 2.32. The minimum atomic E-state index is 0.223. The standard InChI is InChI=1S/C14H15ClINS/c1-3-10-5-7-13(18-10)14(17-2)11-8-9(15)4-6-12(11)16/h4-8,14,17H,3H2,1-2H3. The van der Waals surface area contributed by atoms with E-state index in [1.165, 1.54) is 18.9 Å². The number of aryl methyl sites for hydroxylation is 1. The molecule has 0 aliphatic heterocycles. The molecule has 96 valence electrons. The SMILES string of the molecule is CCc1ccc(C(NC)c2cc(Cl)ccc2I)s1. The van der Waals surface area contributed by atoms with E-state index in [1.807, 2.05) is 24.5 Å². The molecule has 0 fully saturated rings. The number of nitrogens with one attached hydrogen (secondary N) is 1. The summed E-state index contributed by atoms with van der Waals surface area (Å²) in [5, 5.41) is 4.18. The zero-order valence-electron chi connectivity index (χ0n) is 10.3. The van der Waals surface area contributed by atoms with E-state index in [4.69, 9.17) is 11.6 Å². The molecule has 0 aliphatic rings. The predicted octanol–water partition coefficient (Wildman–Crippen LogP) is 4.88. The topological polar surface area (TPSA) is 12.0 Å². The van der Waals surface area contributed by atoms with Crippen LogP contribution in [0.25, 0.3) is 0 Å². The van der Waals surface area contributed by atoms with E-state index in [0.717, 1.165) is 11.4 Å². The molecule has 0 amide bonds. The Kier molecular flexibility index (Phi) is 5.06. The van der Waals surface area contributed by atoms with E-state index in [-0.39, 0.29) is 6.04 Å². The van der Waals surface area contributed by atoms with Gasteiger partial charge in [-0.2, -0.15) is 0 Å². The van der Waals surface area contributed by atoms with Crippen LogP contribution in [0.2, 0.25) is 5.02 Å². The predicted molar refractivity (Wildman–Crippen MR) is 88.8 cm³/mol. The van der Waals surface area contributed by atoms with Gasteiger partial charge in [-0.25, -0.2) is 0 Å². The van der Waals surface area contributed by atoms with Crippen molar-refractivity contribution in [3.05, 3.63) is 54.2 Å². The van der Waals surface area contributed by atoms with Crippen LogP contribution in [0.1, 0.15) is 28.3 Å². The van der Waals surface area contributed by atoms with Crippen LogP contribution in [0.4, 0.5) is 0 Å². The molecule has 0 bridgehead atoms. The van der Waals surface area contributed by atoms with Gasteiger partial charge in [-0.05, 0) is 72.0 Å². The number of benzene rings is 1. The zero-order valence-corrected chi connectivity index (χ0v) is 14.1. The molecule has 18 heavy (non-hydrogen) atoms. The number of hydrogen-bond donors (Lipinski definition) is 1. The van der Waals surface area contributed by atoms with E-state index < -0.39 is 0 Å². The Morgan fingerprint density at radius 1 is 1.33 bits per heavy atom. The summed E-state index contributed by atoms with van der Waals surface area (Å²) in [5.41, 5.74) is 1.25. The molecule has 1 unspecified atom stereocenters. The van der Waals surface area contributed by atoms with Crippen molar-refractivity contribution in [1.29, 1.82) is 0 Å². The molecule has 0 saturated heterocycles. The van der Waals surface area contributed by atoms with Crippen molar-refractivity contribution in [2.24, 2.45) is 0 Å². The van der Waals surface area contributed by atoms with Crippen molar-refractivity contribution in [3.8, 4) is 0 Å². The smallest absolute Gasteiger partial charge is 0.0679 e. The zero-order chi connectivity index (χ0) is 13.1. The van der Waals surface area contributed by atoms with Gasteiger partial charge < -0.3 is 5.32 Å². The van der Waals surface area contributed by atoms with Crippen molar-refractivity contribution in [2.45, 2.75) is 19.4 Å². The quantitative estimate of drug-likeness (QED) is 0.733. The molecule has 4 heteroatoms. The molecule has 1 aromatic heterocycles. The number of thiophene rings is 1. The largest absolute Gasteiger partial charge is 0.309 e. The number of hydrogen-bond acceptors (Lipinski definition) is 2. The third-order valence-electron chi connectivity index (χ3n) is 2.87. The Morgan fingerprint density at radius 2 is 2.11 bits per heavy atom. The van der Waals surface area contributed by atoms with Gasteiger partial charge in [-0.3, -0.25) is 0 Å². The average Bonchev–Trinajstić information content (AvgIpc) is 2.83. The molecule has 0 saturated carbocycles. The van der Waals surface area contributed by atoms with Gasteiger partial charge in [-0.1, -0.05) is 18.5 Å². The fraction of sp³-hybridized carbons (Fsp3) is 0.286. The van der Waals surface area contributed by atoms with Gasteiger partial charge in [0.25, 0.3) is 0 Å². The molecule has 1 atom stereocenters. The van der Waals surface area contributed by atoms with Gasteiger partial charge in [0.2, 0.25) is 0 Å². The highest BCUT2D eigenvalue weighted by atomic mass is 127. The van der Waals surface area contributed by atoms with E-state index in [9.17, 15) is 0 Å². The summed E-state index contributed by atoms with van der Waals surface area (Å²) in [6, 6.07) is 10.7. The lowest BCUT2D eigenvalue weighted by atomic mass is 10.1. The van der Waals surface area contributed by atoms with Crippen LogP contribution in [0.15, 0.2) is 30.3 Å². The molecule has 1 heterocycles. The maximum absolute atomic E-state index is 6.11. The Bertz CT molecular complexity index is 538. The summed E-state index contributed by atoms with van der Waals surface area (Å²) in [7, 11) is 1.99. The maximum Gasteiger partial charge on any atom is 0.0679 e.